The number of nitrogens with one attached hydrogen (secondary N) is 1. The van der Waals surface area contributed by atoms with Crippen LogP contribution in [0.3, 0.4) is 0 Å². The normalized spacial score (nSPS) is 10.5. The van der Waals surface area contributed by atoms with Gasteiger partial charge in [-0.3, -0.25) is 9.59 Å². The van der Waals surface area contributed by atoms with Gasteiger partial charge in [-0.05, 0) is 49.7 Å². The van der Waals surface area contributed by atoms with E-state index >= 15 is 0 Å². The Morgan fingerprint density at radius 2 is 1.90 bits per heavy atom. The van der Waals surface area contributed by atoms with Gasteiger partial charge in [0.05, 0.1) is 12.1 Å². The number of benzene rings is 2. The van der Waals surface area contributed by atoms with Crippen molar-refractivity contribution in [3.63, 3.8) is 0 Å². The summed E-state index contributed by atoms with van der Waals surface area (Å²) in [5, 5.41) is 5.29. The van der Waals surface area contributed by atoms with E-state index in [2.05, 4.69) is 26.2 Å². The Morgan fingerprint density at radius 1 is 1.13 bits per heavy atom. The van der Waals surface area contributed by atoms with Crippen molar-refractivity contribution >= 4 is 44.8 Å². The number of carbonyl (C=O) groups excluding carboxylic acids is 2. The van der Waals surface area contributed by atoms with Crippen molar-refractivity contribution in [2.45, 2.75) is 26.9 Å². The summed E-state index contributed by atoms with van der Waals surface area (Å²) < 4.78 is 11.7. The number of hydrogen-bond donors (Lipinski definition) is 1. The van der Waals surface area contributed by atoms with Crippen molar-refractivity contribution in [3.8, 4) is 5.75 Å². The number of halogens is 1. The number of nitrogens with zero attached hydrogens (tertiary/aromatic N) is 1. The highest BCUT2D eigenvalue weighted by molar-refractivity contribution is 9.10. The van der Waals surface area contributed by atoms with Crippen molar-refractivity contribution in [1.29, 1.82) is 0 Å². The Bertz CT molecular complexity index is 1030. The molecule has 0 saturated heterocycles. The largest absolute Gasteiger partial charge is 0.486 e. The Balaban J connectivity index is 1.42. The molecule has 0 aliphatic rings. The maximum atomic E-state index is 12.0. The molecule has 0 saturated carbocycles. The van der Waals surface area contributed by atoms with Gasteiger partial charge in [-0.25, -0.2) is 4.98 Å². The number of hydrogen-bond acceptors (Lipinski definition) is 6. The minimum Gasteiger partial charge on any atom is -0.486 e. The fourth-order valence-electron chi connectivity index (χ4n) is 2.57. The summed E-state index contributed by atoms with van der Waals surface area (Å²) in [6, 6.07) is 13.3. The number of aromatic nitrogens is 1. The van der Waals surface area contributed by atoms with Gasteiger partial charge in [0, 0.05) is 15.5 Å². The lowest BCUT2D eigenvalue weighted by Gasteiger charge is -2.09. The maximum Gasteiger partial charge on any atom is 0.312 e. The molecule has 0 atom stereocenters. The van der Waals surface area contributed by atoms with E-state index in [9.17, 15) is 9.59 Å². The number of thiazole rings is 1. The number of aryl methyl sites for hydroxylation is 2. The fraction of sp³-hybridized carbons (Fsp3) is 0.227. The van der Waals surface area contributed by atoms with Crippen LogP contribution in [-0.4, -0.2) is 23.5 Å². The van der Waals surface area contributed by atoms with Crippen LogP contribution in [0.15, 0.2) is 52.3 Å². The lowest BCUT2D eigenvalue weighted by atomic mass is 10.2. The van der Waals surface area contributed by atoms with E-state index in [1.165, 1.54) is 11.3 Å². The second-order valence-electron chi connectivity index (χ2n) is 6.68. The molecule has 0 radical (unpaired) electrons. The van der Waals surface area contributed by atoms with Crippen LogP contribution in [0.4, 0.5) is 5.69 Å². The van der Waals surface area contributed by atoms with E-state index in [-0.39, 0.29) is 18.9 Å². The van der Waals surface area contributed by atoms with E-state index < -0.39 is 5.97 Å². The van der Waals surface area contributed by atoms with Crippen LogP contribution in [0.2, 0.25) is 0 Å². The predicted octanol–water partition coefficient (Wildman–Crippen LogP) is 4.83. The van der Waals surface area contributed by atoms with Gasteiger partial charge in [-0.15, -0.1) is 11.3 Å². The van der Waals surface area contributed by atoms with Gasteiger partial charge in [0.25, 0.3) is 5.91 Å². The number of carbonyl (C=O) groups is 2. The van der Waals surface area contributed by atoms with Gasteiger partial charge in [-0.2, -0.15) is 0 Å². The van der Waals surface area contributed by atoms with Gasteiger partial charge in [0.1, 0.15) is 17.4 Å². The minimum atomic E-state index is -0.506. The molecule has 1 amide bonds. The summed E-state index contributed by atoms with van der Waals surface area (Å²) in [6.07, 6.45) is 0.00558. The van der Waals surface area contributed by atoms with Gasteiger partial charge >= 0.3 is 5.97 Å². The third kappa shape index (κ3) is 6.67. The first-order valence-corrected chi connectivity index (χ1v) is 10.9. The van der Waals surface area contributed by atoms with Crippen LogP contribution in [0.5, 0.6) is 5.75 Å². The predicted molar refractivity (Wildman–Crippen MR) is 120 cm³/mol. The Labute approximate surface area is 187 Å². The Hall–Kier alpha value is -2.71. The average Bonchev–Trinajstić information content (AvgIpc) is 3.15. The maximum absolute atomic E-state index is 12.0. The summed E-state index contributed by atoms with van der Waals surface area (Å²) in [5.74, 6) is -0.128. The zero-order chi connectivity index (χ0) is 21.5. The highest BCUT2D eigenvalue weighted by atomic mass is 79.9. The smallest absolute Gasteiger partial charge is 0.312 e. The summed E-state index contributed by atoms with van der Waals surface area (Å²) in [4.78, 5) is 28.4. The third-order valence-corrected chi connectivity index (χ3v) is 5.50. The lowest BCUT2D eigenvalue weighted by molar-refractivity contribution is -0.146. The van der Waals surface area contributed by atoms with Gasteiger partial charge < -0.3 is 14.8 Å². The van der Waals surface area contributed by atoms with Gasteiger partial charge in [0.15, 0.2) is 6.61 Å². The van der Waals surface area contributed by atoms with Crippen LogP contribution >= 0.6 is 27.3 Å². The second-order valence-corrected chi connectivity index (χ2v) is 8.54. The van der Waals surface area contributed by atoms with Crippen molar-refractivity contribution in [2.75, 3.05) is 11.9 Å². The van der Waals surface area contributed by atoms with Crippen LogP contribution < -0.4 is 10.1 Å². The van der Waals surface area contributed by atoms with Gasteiger partial charge in [-0.1, -0.05) is 33.6 Å². The Morgan fingerprint density at radius 3 is 2.63 bits per heavy atom. The molecule has 6 nitrogen and oxygen atoms in total. The van der Waals surface area contributed by atoms with Crippen LogP contribution in [0, 0.1) is 13.8 Å². The number of rotatable bonds is 8. The molecule has 2 aromatic carbocycles. The molecular weight excluding hydrogens is 468 g/mol. The highest BCUT2D eigenvalue weighted by Crippen LogP contribution is 2.20. The molecule has 0 fully saturated rings. The monoisotopic (exact) mass is 488 g/mol. The molecule has 0 aliphatic heterocycles. The van der Waals surface area contributed by atoms with Crippen molar-refractivity contribution in [2.24, 2.45) is 0 Å². The van der Waals surface area contributed by atoms with Gasteiger partial charge in [0.2, 0.25) is 0 Å². The van der Waals surface area contributed by atoms with Crippen LogP contribution in [-0.2, 0) is 27.4 Å². The molecule has 30 heavy (non-hydrogen) atoms. The molecular formula is C22H21BrN2O4S. The number of anilines is 1. The summed E-state index contributed by atoms with van der Waals surface area (Å²) in [7, 11) is 0. The summed E-state index contributed by atoms with van der Waals surface area (Å²) >= 11 is 4.79. The molecule has 0 unspecified atom stereocenters. The van der Waals surface area contributed by atoms with E-state index in [0.29, 0.717) is 18.0 Å². The topological polar surface area (TPSA) is 77.5 Å². The molecule has 0 bridgehead atoms. The molecule has 1 heterocycles. The number of esters is 1. The van der Waals surface area contributed by atoms with E-state index in [1.807, 2.05) is 50.2 Å². The van der Waals surface area contributed by atoms with Crippen LogP contribution in [0.25, 0.3) is 0 Å². The first-order chi connectivity index (χ1) is 14.4. The standard InChI is InChI=1S/C22H21BrN2O4S/c1-14-3-6-18(7-4-14)28-12-21-24-17(13-30-21)10-22(27)29-11-20(26)25-19-8-5-16(23)9-15(19)2/h3-9,13H,10-12H2,1-2H3,(H,25,26). The molecule has 0 spiro atoms. The van der Waals surface area contributed by atoms with E-state index in [4.69, 9.17) is 9.47 Å². The molecule has 1 aromatic heterocycles. The molecule has 3 aromatic rings. The first kappa shape index (κ1) is 22.0. The quantitative estimate of drug-likeness (QED) is 0.459. The number of ether oxygens (including phenoxy) is 2. The van der Waals surface area contributed by atoms with Crippen molar-refractivity contribution in [3.05, 3.63) is 74.1 Å². The third-order valence-electron chi connectivity index (χ3n) is 4.13. The summed E-state index contributed by atoms with van der Waals surface area (Å²) in [5.41, 5.74) is 3.35. The number of amides is 1. The van der Waals surface area contributed by atoms with Crippen LogP contribution in [0.1, 0.15) is 21.8 Å². The zero-order valence-electron chi connectivity index (χ0n) is 16.6. The first-order valence-electron chi connectivity index (χ1n) is 9.23. The zero-order valence-corrected chi connectivity index (χ0v) is 19.0. The highest BCUT2D eigenvalue weighted by Gasteiger charge is 2.12. The average molecular weight is 489 g/mol. The molecule has 3 rings (SSSR count). The minimum absolute atomic E-state index is 0.00558. The molecule has 8 heteroatoms. The van der Waals surface area contributed by atoms with E-state index in [0.717, 1.165) is 26.4 Å². The van der Waals surface area contributed by atoms with Crippen molar-refractivity contribution in [1.82, 2.24) is 4.98 Å². The fourth-order valence-corrected chi connectivity index (χ4v) is 3.76. The second kappa shape index (κ2) is 10.4. The molecule has 156 valence electrons. The Kier molecular flexibility index (Phi) is 7.59. The molecule has 1 N–H and O–H groups in total. The summed E-state index contributed by atoms with van der Waals surface area (Å²) in [6.45, 7) is 3.88. The van der Waals surface area contributed by atoms with E-state index in [1.54, 1.807) is 11.4 Å². The SMILES string of the molecule is Cc1ccc(OCc2nc(CC(=O)OCC(=O)Nc3ccc(Br)cc3C)cs2)cc1. The lowest BCUT2D eigenvalue weighted by Crippen LogP contribution is -2.22. The van der Waals surface area contributed by atoms with Crippen molar-refractivity contribution < 1.29 is 19.1 Å². The molecule has 0 aliphatic carbocycles.